The van der Waals surface area contributed by atoms with E-state index < -0.39 is 6.10 Å². The summed E-state index contributed by atoms with van der Waals surface area (Å²) in [5.41, 5.74) is 2.75. The lowest BCUT2D eigenvalue weighted by atomic mass is 10.0. The van der Waals surface area contributed by atoms with Gasteiger partial charge in [0, 0.05) is 16.8 Å². The monoisotopic (exact) mass is 420 g/mol. The van der Waals surface area contributed by atoms with Crippen molar-refractivity contribution >= 4 is 29.3 Å². The number of hydrogen-bond donors (Lipinski definition) is 1. The lowest BCUT2D eigenvalue weighted by Gasteiger charge is -2.15. The molecule has 1 aliphatic carbocycles. The Bertz CT molecular complexity index is 1070. The molecule has 0 aliphatic heterocycles. The van der Waals surface area contributed by atoms with Gasteiger partial charge in [-0.1, -0.05) is 29.8 Å². The zero-order chi connectivity index (χ0) is 20.9. The average molecular weight is 421 g/mol. The summed E-state index contributed by atoms with van der Waals surface area (Å²) in [6.45, 7) is 1.71. The van der Waals surface area contributed by atoms with Gasteiger partial charge in [-0.3, -0.25) is 4.79 Å². The molecule has 1 atom stereocenters. The minimum Gasteiger partial charge on any atom is -0.481 e. The summed E-state index contributed by atoms with van der Waals surface area (Å²) in [6.07, 6.45) is 2.91. The Hall–Kier alpha value is -3.31. The molecular formula is C24H21ClN2O3. The molecular weight excluding hydrogens is 400 g/mol. The quantitative estimate of drug-likeness (QED) is 0.547. The number of fused-ring (bicyclic) bond motifs is 1. The number of amides is 1. The van der Waals surface area contributed by atoms with Gasteiger partial charge < -0.3 is 14.8 Å². The summed E-state index contributed by atoms with van der Waals surface area (Å²) < 4.78 is 11.6. The zero-order valence-electron chi connectivity index (χ0n) is 16.5. The number of carbonyl (C=O) groups excluding carboxylic acids is 1. The maximum Gasteiger partial charge on any atom is 0.265 e. The van der Waals surface area contributed by atoms with Crippen molar-refractivity contribution in [3.63, 3.8) is 0 Å². The van der Waals surface area contributed by atoms with E-state index in [0.717, 1.165) is 34.8 Å². The number of benzene rings is 2. The second kappa shape index (κ2) is 9.01. The van der Waals surface area contributed by atoms with Gasteiger partial charge in [-0.2, -0.15) is 0 Å². The van der Waals surface area contributed by atoms with Crippen LogP contribution >= 0.6 is 11.6 Å². The second-order valence-corrected chi connectivity index (χ2v) is 7.45. The van der Waals surface area contributed by atoms with Crippen LogP contribution in [0.4, 0.5) is 5.69 Å². The number of rotatable bonds is 6. The van der Waals surface area contributed by atoms with Crippen molar-refractivity contribution < 1.29 is 14.3 Å². The van der Waals surface area contributed by atoms with Crippen LogP contribution in [0.15, 0.2) is 71.8 Å². The molecule has 3 aromatic rings. The number of pyridine rings is 1. The number of aryl methyl sites for hydroxylation is 1. The molecule has 1 heterocycles. The van der Waals surface area contributed by atoms with Gasteiger partial charge in [-0.15, -0.1) is 0 Å². The predicted molar refractivity (Wildman–Crippen MR) is 118 cm³/mol. The Labute approximate surface area is 180 Å². The second-order valence-electron chi connectivity index (χ2n) is 6.97. The maximum absolute atomic E-state index is 12.3. The third kappa shape index (κ3) is 4.99. The van der Waals surface area contributed by atoms with E-state index in [0.29, 0.717) is 17.4 Å². The van der Waals surface area contributed by atoms with Crippen LogP contribution in [0, 0.1) is 0 Å². The summed E-state index contributed by atoms with van der Waals surface area (Å²) in [5.74, 6) is 1.54. The van der Waals surface area contributed by atoms with Crippen molar-refractivity contribution in [1.29, 1.82) is 0 Å². The summed E-state index contributed by atoms with van der Waals surface area (Å²) in [7, 11) is 0. The SMILES string of the molecule is CC(Oc1ccc(Oc2ccc3c(n2)CCC(Cl)=C3)cc1)C(=O)Nc1ccccc1. The van der Waals surface area contributed by atoms with Crippen molar-refractivity contribution in [2.75, 3.05) is 5.32 Å². The molecule has 1 aromatic heterocycles. The van der Waals surface area contributed by atoms with Crippen LogP contribution in [0.5, 0.6) is 17.4 Å². The standard InChI is InChI=1S/C24H21ClN2O3/c1-16(24(28)26-19-5-3-2-4-6-19)29-20-9-11-21(12-10-20)30-23-14-7-17-15-18(25)8-13-22(17)27-23/h2-7,9-12,14-16H,8,13H2,1H3,(H,26,28). The fourth-order valence-corrected chi connectivity index (χ4v) is 3.30. The first kappa shape index (κ1) is 20.0. The Kier molecular flexibility index (Phi) is 6.00. The van der Waals surface area contributed by atoms with Crippen LogP contribution in [0.1, 0.15) is 24.6 Å². The fraction of sp³-hybridized carbons (Fsp3) is 0.167. The van der Waals surface area contributed by atoms with E-state index in [1.165, 1.54) is 0 Å². The van der Waals surface area contributed by atoms with Crippen molar-refractivity contribution in [1.82, 2.24) is 4.98 Å². The molecule has 0 bridgehead atoms. The van der Waals surface area contributed by atoms with Crippen LogP contribution in [0.25, 0.3) is 6.08 Å². The molecule has 0 fully saturated rings. The lowest BCUT2D eigenvalue weighted by molar-refractivity contribution is -0.122. The highest BCUT2D eigenvalue weighted by Crippen LogP contribution is 2.29. The third-order valence-corrected chi connectivity index (χ3v) is 4.96. The van der Waals surface area contributed by atoms with E-state index in [2.05, 4.69) is 10.3 Å². The number of nitrogens with zero attached hydrogens (tertiary/aromatic N) is 1. The van der Waals surface area contributed by atoms with Crippen LogP contribution in [-0.4, -0.2) is 17.0 Å². The highest BCUT2D eigenvalue weighted by atomic mass is 35.5. The number of para-hydroxylation sites is 1. The smallest absolute Gasteiger partial charge is 0.265 e. The van der Waals surface area contributed by atoms with E-state index in [1.807, 2.05) is 48.5 Å². The largest absolute Gasteiger partial charge is 0.481 e. The number of aromatic nitrogens is 1. The molecule has 1 N–H and O–H groups in total. The van der Waals surface area contributed by atoms with Gasteiger partial charge in [0.15, 0.2) is 6.10 Å². The van der Waals surface area contributed by atoms with E-state index in [-0.39, 0.29) is 5.91 Å². The third-order valence-electron chi connectivity index (χ3n) is 4.67. The summed E-state index contributed by atoms with van der Waals surface area (Å²) in [6, 6.07) is 20.2. The Morgan fingerprint density at radius 3 is 2.50 bits per heavy atom. The number of hydrogen-bond acceptors (Lipinski definition) is 4. The first-order chi connectivity index (χ1) is 14.6. The molecule has 4 rings (SSSR count). The van der Waals surface area contributed by atoms with E-state index >= 15 is 0 Å². The molecule has 2 aromatic carbocycles. The van der Waals surface area contributed by atoms with Crippen LogP contribution in [0.2, 0.25) is 0 Å². The van der Waals surface area contributed by atoms with E-state index in [1.54, 1.807) is 31.2 Å². The van der Waals surface area contributed by atoms with Gasteiger partial charge in [0.1, 0.15) is 11.5 Å². The number of halogens is 1. The first-order valence-corrected chi connectivity index (χ1v) is 10.1. The molecule has 1 amide bonds. The van der Waals surface area contributed by atoms with Crippen molar-refractivity contribution in [3.8, 4) is 17.4 Å². The number of nitrogens with one attached hydrogen (secondary N) is 1. The van der Waals surface area contributed by atoms with Crippen molar-refractivity contribution in [3.05, 3.63) is 83.0 Å². The van der Waals surface area contributed by atoms with E-state index in [9.17, 15) is 4.79 Å². The topological polar surface area (TPSA) is 60.5 Å². The molecule has 6 heteroatoms. The fourth-order valence-electron chi connectivity index (χ4n) is 3.09. The normalized spacial score (nSPS) is 13.6. The van der Waals surface area contributed by atoms with Crippen LogP contribution < -0.4 is 14.8 Å². The van der Waals surface area contributed by atoms with Crippen LogP contribution in [0.3, 0.4) is 0 Å². The van der Waals surface area contributed by atoms with E-state index in [4.69, 9.17) is 21.1 Å². The highest BCUT2D eigenvalue weighted by Gasteiger charge is 2.15. The molecule has 1 unspecified atom stereocenters. The summed E-state index contributed by atoms with van der Waals surface area (Å²) in [4.78, 5) is 16.8. The number of anilines is 1. The molecule has 5 nitrogen and oxygen atoms in total. The zero-order valence-corrected chi connectivity index (χ0v) is 17.2. The van der Waals surface area contributed by atoms with Gasteiger partial charge in [-0.05, 0) is 73.9 Å². The van der Waals surface area contributed by atoms with Crippen molar-refractivity contribution in [2.45, 2.75) is 25.9 Å². The van der Waals surface area contributed by atoms with Crippen molar-refractivity contribution in [2.24, 2.45) is 0 Å². The highest BCUT2D eigenvalue weighted by molar-refractivity contribution is 6.31. The maximum atomic E-state index is 12.3. The molecule has 152 valence electrons. The Morgan fingerprint density at radius 2 is 1.73 bits per heavy atom. The predicted octanol–water partition coefficient (Wildman–Crippen LogP) is 5.81. The van der Waals surface area contributed by atoms with Crippen LogP contribution in [-0.2, 0) is 11.2 Å². The number of carbonyl (C=O) groups is 1. The molecule has 0 radical (unpaired) electrons. The Balaban J connectivity index is 1.35. The number of allylic oxidation sites excluding steroid dienone is 1. The van der Waals surface area contributed by atoms with Gasteiger partial charge in [0.2, 0.25) is 5.88 Å². The lowest BCUT2D eigenvalue weighted by Crippen LogP contribution is -2.30. The summed E-state index contributed by atoms with van der Waals surface area (Å²) >= 11 is 6.09. The summed E-state index contributed by atoms with van der Waals surface area (Å²) in [5, 5.41) is 3.67. The van der Waals surface area contributed by atoms with Gasteiger partial charge in [0.25, 0.3) is 5.91 Å². The molecule has 0 saturated heterocycles. The Morgan fingerprint density at radius 1 is 1.00 bits per heavy atom. The van der Waals surface area contributed by atoms with Gasteiger partial charge >= 0.3 is 0 Å². The number of ether oxygens (including phenoxy) is 2. The molecule has 1 aliphatic rings. The molecule has 30 heavy (non-hydrogen) atoms. The van der Waals surface area contributed by atoms with Gasteiger partial charge in [0.05, 0.1) is 5.69 Å². The molecule has 0 spiro atoms. The minimum absolute atomic E-state index is 0.214. The first-order valence-electron chi connectivity index (χ1n) is 9.73. The average Bonchev–Trinajstić information content (AvgIpc) is 2.76. The minimum atomic E-state index is -0.640. The van der Waals surface area contributed by atoms with Gasteiger partial charge in [-0.25, -0.2) is 4.98 Å². The molecule has 0 saturated carbocycles.